The Bertz CT molecular complexity index is 804. The van der Waals surface area contributed by atoms with Crippen molar-refractivity contribution < 1.29 is 27.5 Å². The first kappa shape index (κ1) is 18.7. The number of ether oxygens (including phenoxy) is 2. The summed E-state index contributed by atoms with van der Waals surface area (Å²) in [5.41, 5.74) is 0.539. The number of Topliss-reactive ketones (excluding diaryl/α,β-unsaturated/α-hetero) is 1. The molecule has 2 aliphatic rings. The molecule has 7 nitrogen and oxygen atoms in total. The fourth-order valence-corrected chi connectivity index (χ4v) is 5.00. The van der Waals surface area contributed by atoms with Crippen LogP contribution >= 0.6 is 0 Å². The molecule has 0 aromatic heterocycles. The summed E-state index contributed by atoms with van der Waals surface area (Å²) in [6, 6.07) is 4.85. The maximum Gasteiger partial charge on any atom is 0.222 e. The summed E-state index contributed by atoms with van der Waals surface area (Å²) in [5.74, 6) is 1.20. The quantitative estimate of drug-likeness (QED) is 0.693. The van der Waals surface area contributed by atoms with Crippen molar-refractivity contribution in [2.45, 2.75) is 31.7 Å². The van der Waals surface area contributed by atoms with Gasteiger partial charge in [-0.3, -0.25) is 9.59 Å². The van der Waals surface area contributed by atoms with Crippen LogP contribution in [0.5, 0.6) is 11.5 Å². The van der Waals surface area contributed by atoms with Gasteiger partial charge in [0.2, 0.25) is 5.91 Å². The highest BCUT2D eigenvalue weighted by Crippen LogP contribution is 2.31. The molecule has 0 saturated carbocycles. The molecule has 1 saturated heterocycles. The number of hydrogen-bond donors (Lipinski definition) is 0. The van der Waals surface area contributed by atoms with Gasteiger partial charge in [0, 0.05) is 31.5 Å². The summed E-state index contributed by atoms with van der Waals surface area (Å²) < 4.78 is 34.0. The van der Waals surface area contributed by atoms with E-state index < -0.39 is 9.84 Å². The summed E-state index contributed by atoms with van der Waals surface area (Å²) in [5, 5.41) is 0. The summed E-state index contributed by atoms with van der Waals surface area (Å²) in [6.45, 7) is 0.959. The van der Waals surface area contributed by atoms with Crippen LogP contribution in [0.4, 0.5) is 0 Å². The fraction of sp³-hybridized carbons (Fsp3) is 0.556. The lowest BCUT2D eigenvalue weighted by molar-refractivity contribution is -0.131. The van der Waals surface area contributed by atoms with Crippen LogP contribution in [0.3, 0.4) is 0 Å². The molecule has 1 fully saturated rings. The molecule has 1 aromatic carbocycles. The molecule has 1 aromatic rings. The highest BCUT2D eigenvalue weighted by atomic mass is 32.2. The van der Waals surface area contributed by atoms with E-state index >= 15 is 0 Å². The van der Waals surface area contributed by atoms with E-state index in [1.807, 2.05) is 0 Å². The Morgan fingerprint density at radius 3 is 2.58 bits per heavy atom. The molecule has 0 radical (unpaired) electrons. The van der Waals surface area contributed by atoms with Gasteiger partial charge in [-0.15, -0.1) is 0 Å². The van der Waals surface area contributed by atoms with Gasteiger partial charge >= 0.3 is 0 Å². The van der Waals surface area contributed by atoms with E-state index in [2.05, 4.69) is 0 Å². The first-order valence-electron chi connectivity index (χ1n) is 8.75. The summed E-state index contributed by atoms with van der Waals surface area (Å²) >= 11 is 0. The molecule has 142 valence electrons. The van der Waals surface area contributed by atoms with Gasteiger partial charge in [0.15, 0.2) is 27.1 Å². The third kappa shape index (κ3) is 4.35. The van der Waals surface area contributed by atoms with Crippen LogP contribution in [0.25, 0.3) is 0 Å². The molecule has 8 heteroatoms. The van der Waals surface area contributed by atoms with Gasteiger partial charge in [-0.2, -0.15) is 0 Å². The normalized spacial score (nSPS) is 20.6. The molecular weight excluding hydrogens is 358 g/mol. The van der Waals surface area contributed by atoms with E-state index in [1.165, 1.54) is 4.90 Å². The first-order valence-corrected chi connectivity index (χ1v) is 10.6. The second kappa shape index (κ2) is 7.65. The molecule has 1 amide bonds. The molecule has 26 heavy (non-hydrogen) atoms. The van der Waals surface area contributed by atoms with E-state index in [1.54, 1.807) is 25.2 Å². The Kier molecular flexibility index (Phi) is 5.50. The van der Waals surface area contributed by atoms with Crippen molar-refractivity contribution in [3.8, 4) is 11.5 Å². The molecule has 2 heterocycles. The third-order valence-corrected chi connectivity index (χ3v) is 6.56. The summed E-state index contributed by atoms with van der Waals surface area (Å²) in [4.78, 5) is 26.1. The highest BCUT2D eigenvalue weighted by Gasteiger charge is 2.32. The minimum Gasteiger partial charge on any atom is -0.486 e. The Morgan fingerprint density at radius 1 is 1.15 bits per heavy atom. The number of carbonyl (C=O) groups is 2. The van der Waals surface area contributed by atoms with Crippen molar-refractivity contribution >= 4 is 21.5 Å². The SMILES string of the molecule is CN(C(=O)CCCC(=O)c1ccc2c(c1)OCCO2)C1CCS(=O)(=O)C1. The predicted octanol–water partition coefficient (Wildman–Crippen LogP) is 1.46. The van der Waals surface area contributed by atoms with Gasteiger partial charge in [-0.1, -0.05) is 0 Å². The van der Waals surface area contributed by atoms with E-state index in [9.17, 15) is 18.0 Å². The zero-order chi connectivity index (χ0) is 18.7. The monoisotopic (exact) mass is 381 g/mol. The molecular formula is C18H23NO6S. The molecule has 2 aliphatic heterocycles. The minimum atomic E-state index is -3.02. The van der Waals surface area contributed by atoms with E-state index in [-0.39, 0.29) is 42.1 Å². The zero-order valence-corrected chi connectivity index (χ0v) is 15.6. The predicted molar refractivity (Wildman–Crippen MR) is 95.4 cm³/mol. The van der Waals surface area contributed by atoms with Gasteiger partial charge in [-0.25, -0.2) is 8.42 Å². The standard InChI is InChI=1S/C18H23NO6S/c1-19(14-7-10-26(22,23)12-14)18(21)4-2-3-15(20)13-5-6-16-17(11-13)25-9-8-24-16/h5-6,11,14H,2-4,7-10,12H2,1H3. The van der Waals surface area contributed by atoms with Gasteiger partial charge in [0.05, 0.1) is 11.5 Å². The van der Waals surface area contributed by atoms with Gasteiger partial charge in [-0.05, 0) is 31.0 Å². The van der Waals surface area contributed by atoms with Crippen LogP contribution in [0.15, 0.2) is 18.2 Å². The van der Waals surface area contributed by atoms with Crippen molar-refractivity contribution in [1.82, 2.24) is 4.90 Å². The van der Waals surface area contributed by atoms with Crippen LogP contribution in [-0.4, -0.2) is 62.8 Å². The number of carbonyl (C=O) groups excluding carboxylic acids is 2. The Hall–Kier alpha value is -2.09. The summed E-state index contributed by atoms with van der Waals surface area (Å²) in [7, 11) is -1.39. The van der Waals surface area contributed by atoms with E-state index in [0.29, 0.717) is 43.1 Å². The van der Waals surface area contributed by atoms with Crippen LogP contribution in [-0.2, 0) is 14.6 Å². The number of fused-ring (bicyclic) bond motifs is 1. The van der Waals surface area contributed by atoms with Gasteiger partial charge in [0.1, 0.15) is 13.2 Å². The van der Waals surface area contributed by atoms with E-state index in [0.717, 1.165) is 0 Å². The fourth-order valence-electron chi connectivity index (χ4n) is 3.22. The molecule has 0 aliphatic carbocycles. The van der Waals surface area contributed by atoms with Crippen molar-refractivity contribution in [3.63, 3.8) is 0 Å². The number of benzene rings is 1. The van der Waals surface area contributed by atoms with E-state index in [4.69, 9.17) is 9.47 Å². The third-order valence-electron chi connectivity index (χ3n) is 4.81. The molecule has 1 unspecified atom stereocenters. The number of ketones is 1. The Labute approximate surface area is 153 Å². The number of hydrogen-bond acceptors (Lipinski definition) is 6. The zero-order valence-electron chi connectivity index (χ0n) is 14.8. The Morgan fingerprint density at radius 2 is 1.88 bits per heavy atom. The number of sulfone groups is 1. The minimum absolute atomic E-state index is 0.0331. The summed E-state index contributed by atoms with van der Waals surface area (Å²) in [6.07, 6.45) is 1.39. The number of amides is 1. The van der Waals surface area contributed by atoms with Crippen LogP contribution in [0.1, 0.15) is 36.0 Å². The lowest BCUT2D eigenvalue weighted by atomic mass is 10.0. The molecule has 1 atom stereocenters. The average molecular weight is 381 g/mol. The number of nitrogens with zero attached hydrogens (tertiary/aromatic N) is 1. The van der Waals surface area contributed by atoms with Crippen molar-refractivity contribution in [2.24, 2.45) is 0 Å². The average Bonchev–Trinajstić information content (AvgIpc) is 3.00. The van der Waals surface area contributed by atoms with Crippen LogP contribution in [0, 0.1) is 0 Å². The first-order chi connectivity index (χ1) is 12.4. The van der Waals surface area contributed by atoms with Crippen molar-refractivity contribution in [3.05, 3.63) is 23.8 Å². The second-order valence-electron chi connectivity index (χ2n) is 6.70. The Balaban J connectivity index is 1.48. The lowest BCUT2D eigenvalue weighted by Crippen LogP contribution is -2.37. The second-order valence-corrected chi connectivity index (χ2v) is 8.93. The van der Waals surface area contributed by atoms with Crippen molar-refractivity contribution in [2.75, 3.05) is 31.8 Å². The maximum absolute atomic E-state index is 12.3. The highest BCUT2D eigenvalue weighted by molar-refractivity contribution is 7.91. The smallest absolute Gasteiger partial charge is 0.222 e. The number of rotatable bonds is 6. The molecule has 0 bridgehead atoms. The molecule has 3 rings (SSSR count). The maximum atomic E-state index is 12.3. The van der Waals surface area contributed by atoms with Crippen LogP contribution in [0.2, 0.25) is 0 Å². The largest absolute Gasteiger partial charge is 0.486 e. The van der Waals surface area contributed by atoms with Crippen LogP contribution < -0.4 is 9.47 Å². The van der Waals surface area contributed by atoms with Gasteiger partial charge in [0.25, 0.3) is 0 Å². The lowest BCUT2D eigenvalue weighted by Gasteiger charge is -2.23. The molecule has 0 N–H and O–H groups in total. The topological polar surface area (TPSA) is 90.0 Å². The molecule has 0 spiro atoms. The van der Waals surface area contributed by atoms with Crippen molar-refractivity contribution in [1.29, 1.82) is 0 Å². The van der Waals surface area contributed by atoms with Gasteiger partial charge < -0.3 is 14.4 Å².